The van der Waals surface area contributed by atoms with Gasteiger partial charge in [0.15, 0.2) is 0 Å². The standard InChI is InChI=1S/C40H58N2O3.C3H6.C2H6.3C2H2/c1-25-15-21-40(24-41-35(43)31-8-7-23-42(31)6)22-17-30-28(34(25)40)13-14-33-38(30,4)20-18-32-37(2,3)29(16-19-39(32,33)5)26-9-11-27(12-10-26)36(44)45;1-3-2;4*1-2/h9-12,16,25,28,30-34H,7-8,13-15,17-24H2,1-6H3,(H,41,43)(H,44,45);3H,1H2,2H3;1-2H3;3*1-2H/t25?,28-,30?,31-,32?,33?,34?,38-,39-,40+;;;;;/m0...../s1. The molecule has 4 saturated carbocycles. The van der Waals surface area contributed by atoms with Crippen molar-refractivity contribution in [1.29, 1.82) is 0 Å². The number of carboxylic acid groups (broad SMARTS) is 1. The smallest absolute Gasteiger partial charge is 0.335 e. The Bertz CT molecular complexity index is 1530. The first-order valence-corrected chi connectivity index (χ1v) is 21.3. The van der Waals surface area contributed by atoms with E-state index in [1.807, 2.05) is 32.9 Å². The van der Waals surface area contributed by atoms with E-state index in [4.69, 9.17) is 0 Å². The fourth-order valence-electron chi connectivity index (χ4n) is 13.6. The van der Waals surface area contributed by atoms with Crippen molar-refractivity contribution in [3.05, 3.63) is 54.1 Å². The molecule has 5 heteroatoms. The van der Waals surface area contributed by atoms with Gasteiger partial charge in [-0.1, -0.05) is 72.8 Å². The average molecular weight is 765 g/mol. The van der Waals surface area contributed by atoms with Crippen LogP contribution in [-0.2, 0) is 4.79 Å². The van der Waals surface area contributed by atoms with Crippen LogP contribution in [0, 0.1) is 95.7 Å². The molecule has 2 N–H and O–H groups in total. The third kappa shape index (κ3) is 8.88. The lowest BCUT2D eigenvalue weighted by atomic mass is 9.36. The number of likely N-dealkylation sites (N-methyl/N-ethyl adjacent to an activating group) is 1. The molecule has 5 unspecified atom stereocenters. The first-order chi connectivity index (χ1) is 26.7. The summed E-state index contributed by atoms with van der Waals surface area (Å²) < 4.78 is 0. The number of rotatable bonds is 5. The Morgan fingerprint density at radius 1 is 0.875 bits per heavy atom. The molecule has 1 saturated heterocycles. The van der Waals surface area contributed by atoms with Gasteiger partial charge < -0.3 is 10.4 Å². The van der Waals surface area contributed by atoms with E-state index in [1.54, 1.807) is 18.2 Å². The summed E-state index contributed by atoms with van der Waals surface area (Å²) in [4.78, 5) is 27.0. The van der Waals surface area contributed by atoms with Gasteiger partial charge in [0.1, 0.15) is 0 Å². The van der Waals surface area contributed by atoms with Gasteiger partial charge in [-0.05, 0) is 172 Å². The molecule has 1 aromatic carbocycles. The molecule has 5 fully saturated rings. The molecule has 56 heavy (non-hydrogen) atoms. The number of benzene rings is 1. The second-order valence-corrected chi connectivity index (χ2v) is 18.1. The molecule has 7 rings (SSSR count). The van der Waals surface area contributed by atoms with E-state index >= 15 is 0 Å². The average Bonchev–Trinajstić information content (AvgIpc) is 3.79. The Hall–Kier alpha value is -3.72. The van der Waals surface area contributed by atoms with Crippen molar-refractivity contribution < 1.29 is 14.7 Å². The second kappa shape index (κ2) is 20.6. The van der Waals surface area contributed by atoms with Gasteiger partial charge in [0.25, 0.3) is 0 Å². The van der Waals surface area contributed by atoms with E-state index in [9.17, 15) is 14.7 Å². The van der Waals surface area contributed by atoms with Crippen molar-refractivity contribution in [3.8, 4) is 38.5 Å². The zero-order valence-electron chi connectivity index (χ0n) is 36.6. The van der Waals surface area contributed by atoms with Crippen molar-refractivity contribution in [2.24, 2.45) is 57.2 Å². The summed E-state index contributed by atoms with van der Waals surface area (Å²) in [5.74, 6) is 3.85. The normalized spacial score (nSPS) is 35.6. The Morgan fingerprint density at radius 2 is 1.46 bits per heavy atom. The Kier molecular flexibility index (Phi) is 17.8. The molecule has 308 valence electrons. The van der Waals surface area contributed by atoms with E-state index in [0.29, 0.717) is 22.3 Å². The van der Waals surface area contributed by atoms with Crippen molar-refractivity contribution in [3.63, 3.8) is 0 Å². The fourth-order valence-corrected chi connectivity index (χ4v) is 13.6. The topological polar surface area (TPSA) is 69.6 Å². The lowest BCUT2D eigenvalue weighted by Crippen LogP contribution is -2.62. The van der Waals surface area contributed by atoms with Crippen molar-refractivity contribution in [2.75, 3.05) is 20.1 Å². The summed E-state index contributed by atoms with van der Waals surface area (Å²) in [7, 11) is 2.11. The van der Waals surface area contributed by atoms with E-state index in [0.717, 1.165) is 61.9 Å². The number of carbonyl (C=O) groups is 2. The number of likely N-dealkylation sites (tertiary alicyclic amines) is 1. The molecular weight excluding hydrogens is 689 g/mol. The zero-order chi connectivity index (χ0) is 42.6. The summed E-state index contributed by atoms with van der Waals surface area (Å²) >= 11 is 0. The SMILES string of the molecule is C#C.C#C.C#C.C=CC.CC.CC1CC[C@]2(CNC(=O)[C@@H]3CCCN3C)CCC3[C@H](CCC4[C@@]3(C)CCC3C(C)(C)C(c5ccc(C(=O)O)cc5)=CC[C@@]34C)C12. The number of allylic oxidation sites excluding steroid dienone is 3. The molecule has 5 aliphatic carbocycles. The van der Waals surface area contributed by atoms with Crippen LogP contribution in [0.5, 0.6) is 0 Å². The number of aromatic carboxylic acids is 1. The van der Waals surface area contributed by atoms with Gasteiger partial charge in [0.05, 0.1) is 11.6 Å². The van der Waals surface area contributed by atoms with Crippen LogP contribution in [0.2, 0.25) is 0 Å². The maximum absolute atomic E-state index is 13.3. The number of carbonyl (C=O) groups excluding carboxylic acids is 1. The van der Waals surface area contributed by atoms with Crippen LogP contribution >= 0.6 is 0 Å². The van der Waals surface area contributed by atoms with Crippen molar-refractivity contribution in [2.45, 2.75) is 132 Å². The maximum atomic E-state index is 13.3. The largest absolute Gasteiger partial charge is 0.478 e. The predicted molar refractivity (Wildman–Crippen MR) is 238 cm³/mol. The molecule has 6 aliphatic rings. The first-order valence-electron chi connectivity index (χ1n) is 21.3. The number of amides is 1. The van der Waals surface area contributed by atoms with Crippen LogP contribution < -0.4 is 5.32 Å². The van der Waals surface area contributed by atoms with Gasteiger partial charge >= 0.3 is 5.97 Å². The Labute approximate surface area is 343 Å². The third-order valence-corrected chi connectivity index (χ3v) is 15.5. The molecule has 0 spiro atoms. The van der Waals surface area contributed by atoms with E-state index < -0.39 is 5.97 Å². The van der Waals surface area contributed by atoms with E-state index in [-0.39, 0.29) is 22.8 Å². The highest BCUT2D eigenvalue weighted by atomic mass is 16.4. The molecule has 0 aromatic heterocycles. The number of hydrogen-bond acceptors (Lipinski definition) is 3. The van der Waals surface area contributed by atoms with Gasteiger partial charge in [-0.25, -0.2) is 4.79 Å². The predicted octanol–water partition coefficient (Wildman–Crippen LogP) is 11.3. The van der Waals surface area contributed by atoms with Crippen molar-refractivity contribution >= 4 is 17.4 Å². The van der Waals surface area contributed by atoms with Gasteiger partial charge in [0, 0.05) is 6.54 Å². The quantitative estimate of drug-likeness (QED) is 0.231. The van der Waals surface area contributed by atoms with Crippen molar-refractivity contribution in [1.82, 2.24) is 10.2 Å². The molecule has 1 amide bonds. The van der Waals surface area contributed by atoms with E-state index in [2.05, 4.69) is 103 Å². The summed E-state index contributed by atoms with van der Waals surface area (Å²) in [6.07, 6.45) is 42.1. The highest BCUT2D eigenvalue weighted by Crippen LogP contribution is 2.73. The summed E-state index contributed by atoms with van der Waals surface area (Å²) in [5.41, 5.74) is 3.95. The minimum Gasteiger partial charge on any atom is -0.478 e. The van der Waals surface area contributed by atoms with Crippen LogP contribution in [0.3, 0.4) is 0 Å². The number of nitrogens with zero attached hydrogens (tertiary/aromatic N) is 1. The van der Waals surface area contributed by atoms with Crippen LogP contribution in [0.15, 0.2) is 43.0 Å². The van der Waals surface area contributed by atoms with Gasteiger partial charge in [-0.3, -0.25) is 9.69 Å². The Balaban J connectivity index is 0.000000902. The summed E-state index contributed by atoms with van der Waals surface area (Å²) in [6.45, 7) is 24.0. The minimum atomic E-state index is -0.859. The molecule has 5 nitrogen and oxygen atoms in total. The molecule has 1 heterocycles. The highest BCUT2D eigenvalue weighted by Gasteiger charge is 2.66. The number of carboxylic acids is 1. The third-order valence-electron chi connectivity index (χ3n) is 15.5. The lowest BCUT2D eigenvalue weighted by Gasteiger charge is -2.68. The summed E-state index contributed by atoms with van der Waals surface area (Å²) in [5, 5.41) is 13.0. The zero-order valence-corrected chi connectivity index (χ0v) is 36.6. The molecular formula is C51H76N2O3. The van der Waals surface area contributed by atoms with Crippen LogP contribution in [0.4, 0.5) is 0 Å². The molecule has 10 atom stereocenters. The van der Waals surface area contributed by atoms with E-state index in [1.165, 1.54) is 62.5 Å². The molecule has 0 radical (unpaired) electrons. The Morgan fingerprint density at radius 3 is 2.02 bits per heavy atom. The van der Waals surface area contributed by atoms with Gasteiger partial charge in [-0.15, -0.1) is 45.1 Å². The maximum Gasteiger partial charge on any atom is 0.335 e. The number of fused-ring (bicyclic) bond motifs is 7. The number of hydrogen-bond donors (Lipinski definition) is 2. The summed E-state index contributed by atoms with van der Waals surface area (Å²) in [6, 6.07) is 7.67. The lowest BCUT2D eigenvalue weighted by molar-refractivity contribution is -0.181. The number of terminal acetylenes is 3. The molecule has 1 aromatic rings. The number of nitrogens with one attached hydrogen (secondary N) is 1. The minimum absolute atomic E-state index is 0.0448. The van der Waals surface area contributed by atoms with Crippen LogP contribution in [0.25, 0.3) is 5.57 Å². The van der Waals surface area contributed by atoms with Gasteiger partial charge in [0.2, 0.25) is 5.91 Å². The van der Waals surface area contributed by atoms with Gasteiger partial charge in [-0.2, -0.15) is 0 Å². The molecule has 1 aliphatic heterocycles. The molecule has 0 bridgehead atoms. The monoisotopic (exact) mass is 765 g/mol. The second-order valence-electron chi connectivity index (χ2n) is 18.1. The highest BCUT2D eigenvalue weighted by molar-refractivity contribution is 5.88. The van der Waals surface area contributed by atoms with Crippen LogP contribution in [0.1, 0.15) is 142 Å². The fraction of sp³-hybridized carbons (Fsp3) is 0.647. The first kappa shape index (κ1) is 48.4. The van der Waals surface area contributed by atoms with Crippen LogP contribution in [-0.4, -0.2) is 48.1 Å².